The van der Waals surface area contributed by atoms with Crippen molar-refractivity contribution in [1.29, 1.82) is 0 Å². The van der Waals surface area contributed by atoms with Gasteiger partial charge in [-0.15, -0.1) is 0 Å². The highest BCUT2D eigenvalue weighted by molar-refractivity contribution is 5.95. The Morgan fingerprint density at radius 2 is 2.00 bits per heavy atom. The van der Waals surface area contributed by atoms with Gasteiger partial charge in [0.05, 0.1) is 12.6 Å². The van der Waals surface area contributed by atoms with Gasteiger partial charge in [0.15, 0.2) is 0 Å². The van der Waals surface area contributed by atoms with E-state index in [4.69, 9.17) is 0 Å². The summed E-state index contributed by atoms with van der Waals surface area (Å²) in [6.45, 7) is 2.28. The largest absolute Gasteiger partial charge is 0.356 e. The van der Waals surface area contributed by atoms with E-state index in [9.17, 15) is 23.6 Å². The normalized spacial score (nSPS) is 15.6. The first-order valence-corrected chi connectivity index (χ1v) is 10.8. The van der Waals surface area contributed by atoms with Gasteiger partial charge in [-0.1, -0.05) is 35.9 Å². The second kappa shape index (κ2) is 11.7. The summed E-state index contributed by atoms with van der Waals surface area (Å²) in [6.07, 6.45) is 3.93. The summed E-state index contributed by atoms with van der Waals surface area (Å²) >= 11 is 0. The molecule has 1 fully saturated rings. The Morgan fingerprint density at radius 3 is 2.62 bits per heavy atom. The number of rotatable bonds is 7. The van der Waals surface area contributed by atoms with Crippen LogP contribution in [-0.2, 0) is 14.4 Å². The van der Waals surface area contributed by atoms with Crippen molar-refractivity contribution >= 4 is 29.7 Å². The molecule has 2 atom stereocenters. The Morgan fingerprint density at radius 1 is 1.24 bits per heavy atom. The summed E-state index contributed by atoms with van der Waals surface area (Å²) in [5.41, 5.74) is 1.74. The zero-order chi connectivity index (χ0) is 24.5. The van der Waals surface area contributed by atoms with Crippen molar-refractivity contribution < 1.29 is 23.6 Å². The van der Waals surface area contributed by atoms with Crippen LogP contribution in [0.15, 0.2) is 54.9 Å². The average molecular weight is 468 g/mol. The molecule has 0 saturated carbocycles. The SMILES string of the molecule is Cc1ccccc1.O=CC(CC1CCNC1=O)NC(=O)CNC(=O)c1cn2cc(F)ccc2n1. The number of amides is 3. The van der Waals surface area contributed by atoms with Crippen LogP contribution in [-0.4, -0.2) is 52.5 Å². The topological polar surface area (TPSA) is 122 Å². The van der Waals surface area contributed by atoms with Gasteiger partial charge < -0.3 is 25.1 Å². The van der Waals surface area contributed by atoms with E-state index in [1.165, 1.54) is 34.5 Å². The molecule has 2 unspecified atom stereocenters. The van der Waals surface area contributed by atoms with Crippen molar-refractivity contribution in [3.8, 4) is 0 Å². The van der Waals surface area contributed by atoms with Crippen LogP contribution in [0.1, 0.15) is 28.9 Å². The molecule has 1 aliphatic heterocycles. The molecule has 0 bridgehead atoms. The molecule has 10 heteroatoms. The van der Waals surface area contributed by atoms with E-state index in [1.54, 1.807) is 0 Å². The summed E-state index contributed by atoms with van der Waals surface area (Å²) in [7, 11) is 0. The predicted octanol–water partition coefficient (Wildman–Crippen LogP) is 1.41. The molecule has 178 valence electrons. The number of pyridine rings is 1. The second-order valence-electron chi connectivity index (χ2n) is 7.90. The molecule has 0 radical (unpaired) electrons. The van der Waals surface area contributed by atoms with Crippen molar-refractivity contribution in [3.63, 3.8) is 0 Å². The number of carbonyl (C=O) groups excluding carboxylic acids is 4. The molecule has 3 amide bonds. The van der Waals surface area contributed by atoms with E-state index in [1.807, 2.05) is 18.2 Å². The summed E-state index contributed by atoms with van der Waals surface area (Å²) in [4.78, 5) is 50.8. The number of benzene rings is 1. The Kier molecular flexibility index (Phi) is 8.44. The molecule has 3 N–H and O–H groups in total. The maximum absolute atomic E-state index is 13.2. The zero-order valence-electron chi connectivity index (χ0n) is 18.7. The fraction of sp³-hybridized carbons (Fsp3) is 0.292. The molecule has 1 aromatic carbocycles. The summed E-state index contributed by atoms with van der Waals surface area (Å²) in [5.74, 6) is -2.08. The third kappa shape index (κ3) is 6.96. The second-order valence-corrected chi connectivity index (χ2v) is 7.90. The number of aldehydes is 1. The first-order chi connectivity index (χ1) is 16.4. The number of hydrogen-bond donors (Lipinski definition) is 3. The summed E-state index contributed by atoms with van der Waals surface area (Å²) in [6, 6.07) is 12.1. The first kappa shape index (κ1) is 24.6. The fourth-order valence-corrected chi connectivity index (χ4v) is 3.44. The molecule has 4 rings (SSSR count). The van der Waals surface area contributed by atoms with Gasteiger partial charge in [-0.25, -0.2) is 9.37 Å². The van der Waals surface area contributed by atoms with E-state index in [2.05, 4.69) is 40.0 Å². The van der Waals surface area contributed by atoms with Crippen LogP contribution < -0.4 is 16.0 Å². The number of nitrogens with one attached hydrogen (secondary N) is 3. The van der Waals surface area contributed by atoms with Gasteiger partial charge in [-0.2, -0.15) is 0 Å². The molecule has 3 heterocycles. The van der Waals surface area contributed by atoms with Gasteiger partial charge in [-0.3, -0.25) is 14.4 Å². The van der Waals surface area contributed by atoms with Crippen LogP contribution in [0.5, 0.6) is 0 Å². The quantitative estimate of drug-likeness (QED) is 0.454. The standard InChI is InChI=1S/C17H18FN5O4.C7H8/c18-11-1-2-14-22-13(8-23(14)7-11)17(27)20-6-15(25)21-12(9-24)5-10-3-4-19-16(10)26;1-7-5-3-2-4-6-7/h1-2,7-10,12H,3-6H2,(H,19,26)(H,20,27)(H,21,25);2-6H,1H3. The van der Waals surface area contributed by atoms with E-state index in [0.29, 0.717) is 24.9 Å². The van der Waals surface area contributed by atoms with Crippen molar-refractivity contribution in [3.05, 3.63) is 71.9 Å². The van der Waals surface area contributed by atoms with Gasteiger partial charge in [0.25, 0.3) is 5.91 Å². The molecule has 1 saturated heterocycles. The Labute approximate surface area is 195 Å². The highest BCUT2D eigenvalue weighted by atomic mass is 19.1. The fourth-order valence-electron chi connectivity index (χ4n) is 3.44. The Hall–Kier alpha value is -4.08. The van der Waals surface area contributed by atoms with E-state index in [0.717, 1.165) is 0 Å². The maximum atomic E-state index is 13.2. The van der Waals surface area contributed by atoms with Gasteiger partial charge in [0, 0.05) is 24.9 Å². The van der Waals surface area contributed by atoms with Crippen molar-refractivity contribution in [2.75, 3.05) is 13.1 Å². The van der Waals surface area contributed by atoms with Gasteiger partial charge >= 0.3 is 0 Å². The number of aromatic nitrogens is 2. The first-order valence-electron chi connectivity index (χ1n) is 10.8. The van der Waals surface area contributed by atoms with Crippen molar-refractivity contribution in [2.45, 2.75) is 25.8 Å². The lowest BCUT2D eigenvalue weighted by molar-refractivity contribution is -0.125. The van der Waals surface area contributed by atoms with Crippen LogP contribution in [0.2, 0.25) is 0 Å². The van der Waals surface area contributed by atoms with Crippen LogP contribution in [0.25, 0.3) is 5.65 Å². The summed E-state index contributed by atoms with van der Waals surface area (Å²) < 4.78 is 14.5. The number of imidazole rings is 1. The molecular weight excluding hydrogens is 441 g/mol. The van der Waals surface area contributed by atoms with E-state index in [-0.39, 0.29) is 30.5 Å². The maximum Gasteiger partial charge on any atom is 0.271 e. The van der Waals surface area contributed by atoms with E-state index < -0.39 is 23.7 Å². The molecule has 9 nitrogen and oxygen atoms in total. The number of hydrogen-bond acceptors (Lipinski definition) is 5. The monoisotopic (exact) mass is 467 g/mol. The number of carbonyl (C=O) groups is 4. The zero-order valence-corrected chi connectivity index (χ0v) is 18.7. The minimum atomic E-state index is -0.804. The highest BCUT2D eigenvalue weighted by Gasteiger charge is 2.27. The van der Waals surface area contributed by atoms with Crippen molar-refractivity contribution in [2.24, 2.45) is 5.92 Å². The molecule has 0 spiro atoms. The molecular formula is C24H26FN5O4. The van der Waals surface area contributed by atoms with Crippen molar-refractivity contribution in [1.82, 2.24) is 25.3 Å². The number of fused-ring (bicyclic) bond motifs is 1. The van der Waals surface area contributed by atoms with E-state index >= 15 is 0 Å². The minimum Gasteiger partial charge on any atom is -0.356 e. The molecule has 1 aliphatic rings. The minimum absolute atomic E-state index is 0.0305. The predicted molar refractivity (Wildman–Crippen MR) is 122 cm³/mol. The highest BCUT2D eigenvalue weighted by Crippen LogP contribution is 2.15. The van der Waals surface area contributed by atoms with Gasteiger partial charge in [0.2, 0.25) is 11.8 Å². The van der Waals surface area contributed by atoms with Crippen LogP contribution in [0.4, 0.5) is 4.39 Å². The van der Waals surface area contributed by atoms with Crippen LogP contribution >= 0.6 is 0 Å². The Bertz CT molecular complexity index is 1160. The molecule has 34 heavy (non-hydrogen) atoms. The molecule has 2 aromatic heterocycles. The third-order valence-corrected chi connectivity index (χ3v) is 5.21. The number of aryl methyl sites for hydroxylation is 1. The van der Waals surface area contributed by atoms with Gasteiger partial charge in [-0.05, 0) is 31.9 Å². The lowest BCUT2D eigenvalue weighted by Crippen LogP contribution is -2.44. The molecule has 3 aromatic rings. The lowest BCUT2D eigenvalue weighted by Gasteiger charge is -2.15. The average Bonchev–Trinajstić information content (AvgIpc) is 3.43. The number of halogens is 1. The summed E-state index contributed by atoms with van der Waals surface area (Å²) in [5, 5.41) is 7.54. The van der Waals surface area contributed by atoms with Crippen LogP contribution in [0, 0.1) is 18.7 Å². The molecule has 0 aliphatic carbocycles. The van der Waals surface area contributed by atoms with Gasteiger partial charge in [0.1, 0.15) is 23.4 Å². The Balaban J connectivity index is 0.000000396. The van der Waals surface area contributed by atoms with Crippen LogP contribution in [0.3, 0.4) is 0 Å². The smallest absolute Gasteiger partial charge is 0.271 e. The third-order valence-electron chi connectivity index (χ3n) is 5.21. The number of nitrogens with zero attached hydrogens (tertiary/aromatic N) is 2. The lowest BCUT2D eigenvalue weighted by atomic mass is 9.99.